The van der Waals surface area contributed by atoms with Crippen LogP contribution in [0.4, 0.5) is 4.39 Å². The Morgan fingerprint density at radius 3 is 2.51 bits per heavy atom. The molecule has 1 aliphatic rings. The minimum absolute atomic E-state index is 0.190. The van der Waals surface area contributed by atoms with E-state index in [2.05, 4.69) is 9.88 Å². The molecule has 1 aromatic carbocycles. The molecule has 184 valence electrons. The van der Waals surface area contributed by atoms with Crippen molar-refractivity contribution in [2.45, 2.75) is 13.0 Å². The van der Waals surface area contributed by atoms with Gasteiger partial charge in [-0.15, -0.1) is 11.3 Å². The summed E-state index contributed by atoms with van der Waals surface area (Å²) in [6.45, 7) is 3.23. The fourth-order valence-corrected chi connectivity index (χ4v) is 4.99. The first-order valence-corrected chi connectivity index (χ1v) is 12.1. The van der Waals surface area contributed by atoms with Gasteiger partial charge < -0.3 is 14.5 Å². The Balaban J connectivity index is 1.55. The minimum Gasteiger partial charge on any atom is -0.480 e. The molecule has 1 aliphatic heterocycles. The van der Waals surface area contributed by atoms with E-state index in [1.807, 2.05) is 0 Å². The van der Waals surface area contributed by atoms with Crippen LogP contribution in [0.5, 0.6) is 5.88 Å². The summed E-state index contributed by atoms with van der Waals surface area (Å²) in [6, 6.07) is 8.06. The molecule has 35 heavy (non-hydrogen) atoms. The normalized spacial score (nSPS) is 14.6. The van der Waals surface area contributed by atoms with E-state index < -0.39 is 11.7 Å². The Morgan fingerprint density at radius 1 is 1.09 bits per heavy atom. The molecule has 2 amide bonds. The highest BCUT2D eigenvalue weighted by Crippen LogP contribution is 2.31. The summed E-state index contributed by atoms with van der Waals surface area (Å²) < 4.78 is 18.6. The number of halogens is 1. The number of nitrogens with zero attached hydrogens (tertiary/aromatic N) is 4. The lowest BCUT2D eigenvalue weighted by Gasteiger charge is -2.22. The van der Waals surface area contributed by atoms with Crippen molar-refractivity contribution in [2.24, 2.45) is 0 Å². The Kier molecular flexibility index (Phi) is 7.42. The van der Waals surface area contributed by atoms with Crippen molar-refractivity contribution in [3.8, 4) is 5.88 Å². The van der Waals surface area contributed by atoms with Gasteiger partial charge in [-0.1, -0.05) is 12.1 Å². The van der Waals surface area contributed by atoms with Gasteiger partial charge in [0.1, 0.15) is 16.2 Å². The van der Waals surface area contributed by atoms with Gasteiger partial charge >= 0.3 is 0 Å². The van der Waals surface area contributed by atoms with E-state index in [4.69, 9.17) is 4.74 Å². The first-order valence-electron chi connectivity index (χ1n) is 11.3. The molecule has 0 saturated carbocycles. The first-order chi connectivity index (χ1) is 16.8. The quantitative estimate of drug-likeness (QED) is 0.384. The lowest BCUT2D eigenvalue weighted by atomic mass is 10.1. The average Bonchev–Trinajstić information content (AvgIpc) is 3.13. The molecule has 0 atom stereocenters. The van der Waals surface area contributed by atoms with Crippen LogP contribution in [0.25, 0.3) is 10.2 Å². The summed E-state index contributed by atoms with van der Waals surface area (Å²) in [5.41, 5.74) is 1.51. The number of methoxy groups -OCH3 is 1. The number of rotatable bonds is 6. The van der Waals surface area contributed by atoms with Gasteiger partial charge in [-0.05, 0) is 30.2 Å². The van der Waals surface area contributed by atoms with E-state index in [-0.39, 0.29) is 28.7 Å². The third-order valence-corrected chi connectivity index (χ3v) is 6.88. The maximum Gasteiger partial charge on any atom is 0.294 e. The number of amides is 2. The molecule has 8 nitrogen and oxygen atoms in total. The monoisotopic (exact) mass is 498 g/mol. The SMILES string of the molecule is COc1nc2scc(C(=O)C(=O)N(C)C)c2cc1C(=O)N1CCCN(Cc2ccc(F)cc2)CC1. The average molecular weight is 499 g/mol. The summed E-state index contributed by atoms with van der Waals surface area (Å²) in [6.07, 6.45) is 0.782. The summed E-state index contributed by atoms with van der Waals surface area (Å²) in [5.74, 6) is -1.58. The lowest BCUT2D eigenvalue weighted by molar-refractivity contribution is -0.124. The van der Waals surface area contributed by atoms with Crippen molar-refractivity contribution in [3.05, 3.63) is 58.2 Å². The fourth-order valence-electron chi connectivity index (χ4n) is 4.09. The molecule has 0 radical (unpaired) electrons. The molecule has 10 heteroatoms. The molecule has 0 spiro atoms. The Labute approximate surface area is 206 Å². The van der Waals surface area contributed by atoms with Crippen LogP contribution < -0.4 is 4.74 Å². The molecule has 0 unspecified atom stereocenters. The van der Waals surface area contributed by atoms with Crippen molar-refractivity contribution in [2.75, 3.05) is 47.4 Å². The van der Waals surface area contributed by atoms with Gasteiger partial charge in [-0.3, -0.25) is 19.3 Å². The number of hydrogen-bond acceptors (Lipinski definition) is 7. The zero-order valence-electron chi connectivity index (χ0n) is 19.9. The Bertz CT molecular complexity index is 1260. The van der Waals surface area contributed by atoms with Gasteiger partial charge in [0, 0.05) is 63.1 Å². The van der Waals surface area contributed by atoms with Crippen LogP contribution in [-0.4, -0.2) is 84.7 Å². The maximum atomic E-state index is 13.5. The lowest BCUT2D eigenvalue weighted by Crippen LogP contribution is -2.35. The number of likely N-dealkylation sites (N-methyl/N-ethyl adjacent to an activating group) is 1. The van der Waals surface area contributed by atoms with Gasteiger partial charge in [-0.25, -0.2) is 9.37 Å². The van der Waals surface area contributed by atoms with Gasteiger partial charge in [0.25, 0.3) is 17.6 Å². The summed E-state index contributed by atoms with van der Waals surface area (Å²) in [4.78, 5) is 48.6. The number of carbonyl (C=O) groups excluding carboxylic acids is 3. The number of carbonyl (C=O) groups is 3. The number of benzene rings is 1. The highest BCUT2D eigenvalue weighted by molar-refractivity contribution is 7.17. The zero-order chi connectivity index (χ0) is 25.1. The standard InChI is InChI=1S/C25H27FN4O4S/c1-28(2)25(33)21(31)20-15-35-23-18(20)13-19(22(27-23)34-3)24(32)30-10-4-9-29(11-12-30)14-16-5-7-17(26)8-6-16/h5-8,13,15H,4,9-12,14H2,1-3H3. The van der Waals surface area contributed by atoms with Gasteiger partial charge in [-0.2, -0.15) is 0 Å². The zero-order valence-corrected chi connectivity index (χ0v) is 20.7. The van der Waals surface area contributed by atoms with Gasteiger partial charge in [0.15, 0.2) is 0 Å². The predicted molar refractivity (Wildman–Crippen MR) is 131 cm³/mol. The van der Waals surface area contributed by atoms with E-state index in [0.717, 1.165) is 18.5 Å². The molecule has 1 fully saturated rings. The van der Waals surface area contributed by atoms with Crippen molar-refractivity contribution in [3.63, 3.8) is 0 Å². The van der Waals surface area contributed by atoms with Gasteiger partial charge in [0.05, 0.1) is 7.11 Å². The highest BCUT2D eigenvalue weighted by atomic mass is 32.1. The molecule has 3 heterocycles. The van der Waals surface area contributed by atoms with Crippen molar-refractivity contribution in [1.82, 2.24) is 19.7 Å². The highest BCUT2D eigenvalue weighted by Gasteiger charge is 2.27. The molecular weight excluding hydrogens is 471 g/mol. The van der Waals surface area contributed by atoms with E-state index >= 15 is 0 Å². The van der Waals surface area contributed by atoms with Crippen LogP contribution in [-0.2, 0) is 11.3 Å². The van der Waals surface area contributed by atoms with Crippen LogP contribution in [0.3, 0.4) is 0 Å². The van der Waals surface area contributed by atoms with E-state index in [0.29, 0.717) is 36.4 Å². The van der Waals surface area contributed by atoms with Crippen LogP contribution in [0.15, 0.2) is 35.7 Å². The number of Topliss-reactive ketones (excluding diaryl/α,β-unsaturated/α-hetero) is 1. The third kappa shape index (κ3) is 5.33. The van der Waals surface area contributed by atoms with Gasteiger partial charge in [0.2, 0.25) is 5.88 Å². The number of ketones is 1. The Morgan fingerprint density at radius 2 is 1.83 bits per heavy atom. The first kappa shape index (κ1) is 24.7. The molecule has 0 bridgehead atoms. The second kappa shape index (κ2) is 10.5. The van der Waals surface area contributed by atoms with Crippen molar-refractivity contribution in [1.29, 1.82) is 0 Å². The number of thiophene rings is 1. The molecule has 3 aromatic rings. The number of fused-ring (bicyclic) bond motifs is 1. The number of hydrogen-bond donors (Lipinski definition) is 0. The van der Waals surface area contributed by atoms with Crippen LogP contribution in [0, 0.1) is 5.82 Å². The number of aromatic nitrogens is 1. The van der Waals surface area contributed by atoms with Crippen molar-refractivity contribution >= 4 is 39.2 Å². The second-order valence-corrected chi connectivity index (χ2v) is 9.48. The largest absolute Gasteiger partial charge is 0.480 e. The number of pyridine rings is 1. The van der Waals surface area contributed by atoms with Crippen LogP contribution >= 0.6 is 11.3 Å². The van der Waals surface area contributed by atoms with E-state index in [9.17, 15) is 18.8 Å². The summed E-state index contributed by atoms with van der Waals surface area (Å²) >= 11 is 1.22. The van der Waals surface area contributed by atoms with E-state index in [1.165, 1.54) is 49.6 Å². The molecule has 1 saturated heterocycles. The topological polar surface area (TPSA) is 83.0 Å². The molecular formula is C25H27FN4O4S. The smallest absolute Gasteiger partial charge is 0.294 e. The summed E-state index contributed by atoms with van der Waals surface area (Å²) in [7, 11) is 4.49. The Hall–Kier alpha value is -3.37. The minimum atomic E-state index is -0.641. The summed E-state index contributed by atoms with van der Waals surface area (Å²) in [5, 5.41) is 2.06. The maximum absolute atomic E-state index is 13.5. The van der Waals surface area contributed by atoms with Crippen LogP contribution in [0.1, 0.15) is 32.7 Å². The molecule has 4 rings (SSSR count). The van der Waals surface area contributed by atoms with Crippen molar-refractivity contribution < 1.29 is 23.5 Å². The third-order valence-electron chi connectivity index (χ3n) is 6.00. The predicted octanol–water partition coefficient (Wildman–Crippen LogP) is 3.06. The molecule has 2 aromatic heterocycles. The molecule has 0 N–H and O–H groups in total. The molecule has 0 aliphatic carbocycles. The second-order valence-electron chi connectivity index (χ2n) is 8.62. The fraction of sp³-hybridized carbons (Fsp3) is 0.360. The number of ether oxygens (including phenoxy) is 1. The van der Waals surface area contributed by atoms with Crippen LogP contribution in [0.2, 0.25) is 0 Å². The van der Waals surface area contributed by atoms with E-state index in [1.54, 1.807) is 28.5 Å².